The highest BCUT2D eigenvalue weighted by Gasteiger charge is 2.45. The summed E-state index contributed by atoms with van der Waals surface area (Å²) in [5.74, 6) is 1.02. The van der Waals surface area contributed by atoms with Gasteiger partial charge in [-0.2, -0.15) is 0 Å². The van der Waals surface area contributed by atoms with E-state index in [1.807, 2.05) is 18.5 Å². The number of nitrogens with zero attached hydrogens (tertiary/aromatic N) is 4. The van der Waals surface area contributed by atoms with Crippen LogP contribution >= 0.6 is 0 Å². The summed E-state index contributed by atoms with van der Waals surface area (Å²) in [5, 5.41) is 6.65. The maximum absolute atomic E-state index is 8.32. The molecule has 6 heteroatoms. The minimum Gasteiger partial charge on any atom is -0.389 e. The Balaban J connectivity index is 1.29. The molecule has 0 radical (unpaired) electrons. The Morgan fingerprint density at radius 2 is 1.97 bits per heavy atom. The standard InChI is InChI=1S/C24H26N6/c1-5-24(6-1)16-26-14-19-13-21(29-23(19)24)17-4-7-27-20(12-17)18-2-3-22(28-15-18)30-10-8-25-9-11-30/h2-4,7,12-15,25-26H,1,5-6,8-11,16H2/i14D. The molecule has 6 rings (SSSR count). The van der Waals surface area contributed by atoms with Crippen LogP contribution in [0.25, 0.3) is 17.0 Å². The molecule has 0 unspecified atom stereocenters. The highest BCUT2D eigenvalue weighted by Crippen LogP contribution is 2.48. The average Bonchev–Trinajstić information content (AvgIpc) is 3.26. The van der Waals surface area contributed by atoms with Crippen LogP contribution in [-0.4, -0.2) is 48.4 Å². The molecule has 152 valence electrons. The van der Waals surface area contributed by atoms with Crippen LogP contribution in [-0.2, 0) is 0 Å². The summed E-state index contributed by atoms with van der Waals surface area (Å²) in [6.07, 6.45) is 9.86. The smallest absolute Gasteiger partial charge is 0.128 e. The van der Waals surface area contributed by atoms with E-state index in [-0.39, 0.29) is 5.41 Å². The van der Waals surface area contributed by atoms with Gasteiger partial charge < -0.3 is 15.5 Å². The minimum atomic E-state index is 0.123. The SMILES string of the molecule is [2H]C1=C2C=C(c3ccnc(-c4ccc(N5CCNCC5)nc4)c3)N=C2C2(CCC2)CN1. The topological polar surface area (TPSA) is 65.4 Å². The Bertz CT molecular complexity index is 1110. The van der Waals surface area contributed by atoms with Gasteiger partial charge in [0.1, 0.15) is 5.82 Å². The first-order chi connectivity index (χ1) is 15.2. The monoisotopic (exact) mass is 399 g/mol. The lowest BCUT2D eigenvalue weighted by atomic mass is 9.63. The molecule has 2 aromatic rings. The Morgan fingerprint density at radius 3 is 2.73 bits per heavy atom. The van der Waals surface area contributed by atoms with E-state index in [1.54, 1.807) is 0 Å². The van der Waals surface area contributed by atoms with Gasteiger partial charge in [-0.3, -0.25) is 9.98 Å². The van der Waals surface area contributed by atoms with Crippen molar-refractivity contribution in [1.29, 1.82) is 0 Å². The summed E-state index contributed by atoms with van der Waals surface area (Å²) in [5.41, 5.74) is 6.05. The van der Waals surface area contributed by atoms with Crippen molar-refractivity contribution in [3.05, 3.63) is 60.0 Å². The maximum atomic E-state index is 8.32. The van der Waals surface area contributed by atoms with E-state index in [1.165, 1.54) is 6.42 Å². The third-order valence-corrected chi connectivity index (χ3v) is 6.77. The molecule has 6 nitrogen and oxygen atoms in total. The van der Waals surface area contributed by atoms with E-state index in [0.29, 0.717) is 6.18 Å². The van der Waals surface area contributed by atoms with Gasteiger partial charge in [-0.05, 0) is 43.2 Å². The summed E-state index contributed by atoms with van der Waals surface area (Å²) in [7, 11) is 0. The van der Waals surface area contributed by atoms with E-state index in [0.717, 1.165) is 85.2 Å². The van der Waals surface area contributed by atoms with Crippen LogP contribution in [0.2, 0.25) is 0 Å². The predicted molar refractivity (Wildman–Crippen MR) is 120 cm³/mol. The van der Waals surface area contributed by atoms with Crippen LogP contribution in [0, 0.1) is 5.41 Å². The van der Waals surface area contributed by atoms with Crippen LogP contribution in [0.3, 0.4) is 0 Å². The number of aliphatic imine (C=N–C) groups is 1. The molecule has 0 amide bonds. The third-order valence-electron chi connectivity index (χ3n) is 6.77. The van der Waals surface area contributed by atoms with Gasteiger partial charge in [0.25, 0.3) is 0 Å². The van der Waals surface area contributed by atoms with Gasteiger partial charge in [0.15, 0.2) is 0 Å². The summed E-state index contributed by atoms with van der Waals surface area (Å²) in [4.78, 5) is 16.6. The first-order valence-electron chi connectivity index (χ1n) is 11.4. The largest absolute Gasteiger partial charge is 0.389 e. The molecule has 0 bridgehead atoms. The van der Waals surface area contributed by atoms with Gasteiger partial charge in [-0.15, -0.1) is 0 Å². The average molecular weight is 400 g/mol. The molecule has 2 aromatic heterocycles. The van der Waals surface area contributed by atoms with Crippen LogP contribution < -0.4 is 15.5 Å². The second-order valence-electron chi connectivity index (χ2n) is 8.59. The van der Waals surface area contributed by atoms with Crippen LogP contribution in [0.15, 0.2) is 59.5 Å². The van der Waals surface area contributed by atoms with Crippen molar-refractivity contribution >= 4 is 17.2 Å². The lowest BCUT2D eigenvalue weighted by Crippen LogP contribution is -2.48. The van der Waals surface area contributed by atoms with Crippen molar-refractivity contribution in [3.8, 4) is 11.3 Å². The molecule has 30 heavy (non-hydrogen) atoms. The highest BCUT2D eigenvalue weighted by molar-refractivity contribution is 6.14. The molecule has 0 aromatic carbocycles. The lowest BCUT2D eigenvalue weighted by molar-refractivity contribution is 0.228. The molecule has 3 aliphatic heterocycles. The summed E-state index contributed by atoms with van der Waals surface area (Å²) in [6, 6.07) is 8.27. The zero-order valence-electron chi connectivity index (χ0n) is 18.0. The normalized spacial score (nSPS) is 22.7. The van der Waals surface area contributed by atoms with Crippen molar-refractivity contribution < 1.29 is 1.37 Å². The van der Waals surface area contributed by atoms with Gasteiger partial charge in [0.2, 0.25) is 0 Å². The van der Waals surface area contributed by atoms with Crippen LogP contribution in [0.1, 0.15) is 26.2 Å². The van der Waals surface area contributed by atoms with Crippen LogP contribution in [0.5, 0.6) is 0 Å². The van der Waals surface area contributed by atoms with Gasteiger partial charge in [0, 0.05) is 73.4 Å². The Morgan fingerprint density at radius 1 is 1.07 bits per heavy atom. The Labute approximate surface area is 178 Å². The first-order valence-corrected chi connectivity index (χ1v) is 10.9. The molecular formula is C24H26N6. The molecule has 4 aliphatic rings. The number of fused-ring (bicyclic) bond motifs is 2. The number of piperazine rings is 1. The van der Waals surface area contributed by atoms with Crippen LogP contribution in [0.4, 0.5) is 5.82 Å². The second-order valence-corrected chi connectivity index (χ2v) is 8.59. The molecular weight excluding hydrogens is 372 g/mol. The zero-order chi connectivity index (χ0) is 20.8. The number of aromatic nitrogens is 2. The predicted octanol–water partition coefficient (Wildman–Crippen LogP) is 3.01. The van der Waals surface area contributed by atoms with E-state index in [9.17, 15) is 0 Å². The summed E-state index contributed by atoms with van der Waals surface area (Å²) >= 11 is 0. The van der Waals surface area contributed by atoms with Crippen molar-refractivity contribution in [1.82, 2.24) is 20.6 Å². The third kappa shape index (κ3) is 2.94. The second kappa shape index (κ2) is 7.06. The summed E-state index contributed by atoms with van der Waals surface area (Å²) in [6.45, 7) is 4.80. The summed E-state index contributed by atoms with van der Waals surface area (Å²) < 4.78 is 8.32. The van der Waals surface area contributed by atoms with Gasteiger partial charge in [0.05, 0.1) is 18.5 Å². The minimum absolute atomic E-state index is 0.123. The van der Waals surface area contributed by atoms with Gasteiger partial charge >= 0.3 is 0 Å². The molecule has 1 saturated heterocycles. The molecule has 1 saturated carbocycles. The van der Waals surface area contributed by atoms with E-state index in [4.69, 9.17) is 6.36 Å². The van der Waals surface area contributed by atoms with E-state index in [2.05, 4.69) is 49.8 Å². The molecule has 2 fully saturated rings. The highest BCUT2D eigenvalue weighted by atomic mass is 15.2. The quantitative estimate of drug-likeness (QED) is 0.831. The molecule has 2 N–H and O–H groups in total. The Kier molecular flexibility index (Phi) is 3.95. The van der Waals surface area contributed by atoms with Crippen molar-refractivity contribution in [2.24, 2.45) is 10.4 Å². The molecule has 1 aliphatic carbocycles. The number of anilines is 1. The van der Waals surface area contributed by atoms with Crippen molar-refractivity contribution in [2.75, 3.05) is 37.6 Å². The number of pyridine rings is 2. The van der Waals surface area contributed by atoms with Gasteiger partial charge in [-0.1, -0.05) is 6.42 Å². The molecule has 1 spiro atoms. The number of nitrogens with one attached hydrogen (secondary N) is 2. The van der Waals surface area contributed by atoms with E-state index >= 15 is 0 Å². The molecule has 0 atom stereocenters. The van der Waals surface area contributed by atoms with Crippen molar-refractivity contribution in [2.45, 2.75) is 19.3 Å². The zero-order valence-corrected chi connectivity index (χ0v) is 17.0. The fourth-order valence-corrected chi connectivity index (χ4v) is 4.84. The molecule has 5 heterocycles. The van der Waals surface area contributed by atoms with Crippen molar-refractivity contribution in [3.63, 3.8) is 0 Å². The van der Waals surface area contributed by atoms with Gasteiger partial charge in [-0.25, -0.2) is 4.98 Å². The number of hydrogen-bond acceptors (Lipinski definition) is 6. The Hall–Kier alpha value is -2.99. The van der Waals surface area contributed by atoms with E-state index < -0.39 is 0 Å². The number of rotatable bonds is 3. The first kappa shape index (κ1) is 16.8. The number of allylic oxidation sites excluding steroid dienone is 2. The number of hydrogen-bond donors (Lipinski definition) is 2. The lowest BCUT2D eigenvalue weighted by Gasteiger charge is -2.44. The fraction of sp³-hybridized carbons (Fsp3) is 0.375. The maximum Gasteiger partial charge on any atom is 0.128 e. The fourth-order valence-electron chi connectivity index (χ4n) is 4.84.